The summed E-state index contributed by atoms with van der Waals surface area (Å²) in [5, 5.41) is 0. The van der Waals surface area contributed by atoms with E-state index >= 15 is 0 Å². The van der Waals surface area contributed by atoms with Crippen LogP contribution in [0.25, 0.3) is 0 Å². The highest BCUT2D eigenvalue weighted by molar-refractivity contribution is 8.19. The Bertz CT molecular complexity index is 269. The third kappa shape index (κ3) is 1.68. The van der Waals surface area contributed by atoms with Crippen molar-refractivity contribution in [2.24, 2.45) is 0 Å². The van der Waals surface area contributed by atoms with Crippen LogP contribution in [0.4, 0.5) is 0 Å². The van der Waals surface area contributed by atoms with Gasteiger partial charge in [-0.05, 0) is 43.5 Å². The van der Waals surface area contributed by atoms with Crippen molar-refractivity contribution in [3.63, 3.8) is 0 Å². The third-order valence-corrected chi connectivity index (χ3v) is 4.43. The first kappa shape index (κ1) is 8.88. The predicted octanol–water partition coefficient (Wildman–Crippen LogP) is 1.98. The Morgan fingerprint density at radius 3 is 2.27 bits per heavy atom. The zero-order valence-corrected chi connectivity index (χ0v) is 10.4. The highest BCUT2D eigenvalue weighted by Crippen LogP contribution is 2.23. The maximum atomic E-state index is 2.23. The first-order chi connectivity index (χ1) is 5.16. The monoisotopic (exact) mass is 182 g/mol. The van der Waals surface area contributed by atoms with E-state index in [2.05, 4.69) is 32.9 Å². The molecule has 0 saturated heterocycles. The molecule has 0 unspecified atom stereocenters. The molecule has 0 fully saturated rings. The van der Waals surface area contributed by atoms with E-state index in [1.54, 1.807) is 0 Å². The number of hydrogen-bond donors (Lipinski definition) is 0. The molecular formula is C9H14SSi. The lowest BCUT2D eigenvalue weighted by Gasteiger charge is -2.08. The molecule has 0 aliphatic heterocycles. The Morgan fingerprint density at radius 2 is 1.73 bits per heavy atom. The topological polar surface area (TPSA) is 0 Å². The highest BCUT2D eigenvalue weighted by Gasteiger charge is 2.00. The van der Waals surface area contributed by atoms with Gasteiger partial charge in [-0.15, -0.1) is 0 Å². The summed E-state index contributed by atoms with van der Waals surface area (Å²) in [5.74, 6) is 0. The van der Waals surface area contributed by atoms with Crippen molar-refractivity contribution in [1.82, 2.24) is 0 Å². The summed E-state index contributed by atoms with van der Waals surface area (Å²) in [7, 11) is 1.19. The second kappa shape index (κ2) is 3.46. The smallest absolute Gasteiger partial charge is 0.0758 e. The van der Waals surface area contributed by atoms with Crippen LogP contribution in [0.2, 0.25) is 0 Å². The van der Waals surface area contributed by atoms with Crippen molar-refractivity contribution >= 4 is 20.6 Å². The van der Waals surface area contributed by atoms with E-state index in [4.69, 9.17) is 0 Å². The van der Waals surface area contributed by atoms with Crippen LogP contribution < -0.4 is 0 Å². The molecule has 2 heteroatoms. The van der Waals surface area contributed by atoms with Gasteiger partial charge in [0.2, 0.25) is 0 Å². The molecule has 1 aromatic rings. The largest absolute Gasteiger partial charge is 0.163 e. The molecule has 0 aliphatic carbocycles. The van der Waals surface area contributed by atoms with Gasteiger partial charge in [-0.2, -0.15) is 11.2 Å². The zero-order valence-electron chi connectivity index (χ0n) is 7.56. The SMILES string of the molecule is Cc1ccc(S[SiH3])c(C)c1C. The molecule has 0 heterocycles. The first-order valence-corrected chi connectivity index (χ1v) is 7.45. The van der Waals surface area contributed by atoms with Gasteiger partial charge in [-0.1, -0.05) is 6.07 Å². The van der Waals surface area contributed by atoms with Crippen LogP contribution in [-0.2, 0) is 0 Å². The maximum absolute atomic E-state index is 2.23. The van der Waals surface area contributed by atoms with Crippen molar-refractivity contribution in [3.8, 4) is 0 Å². The fourth-order valence-electron chi connectivity index (χ4n) is 1.15. The molecule has 60 valence electrons. The zero-order chi connectivity index (χ0) is 8.43. The molecule has 0 nitrogen and oxygen atoms in total. The molecule has 0 atom stereocenters. The molecule has 0 amide bonds. The Balaban J connectivity index is 3.25. The first-order valence-electron chi connectivity index (χ1n) is 3.77. The minimum atomic E-state index is 1.19. The van der Waals surface area contributed by atoms with E-state index in [0.717, 1.165) is 0 Å². The van der Waals surface area contributed by atoms with Gasteiger partial charge >= 0.3 is 0 Å². The van der Waals surface area contributed by atoms with Crippen LogP contribution in [0.3, 0.4) is 0 Å². The lowest BCUT2D eigenvalue weighted by atomic mass is 10.1. The van der Waals surface area contributed by atoms with Crippen LogP contribution >= 0.6 is 11.2 Å². The van der Waals surface area contributed by atoms with E-state index in [-0.39, 0.29) is 0 Å². The van der Waals surface area contributed by atoms with Gasteiger partial charge in [0, 0.05) is 4.90 Å². The lowest BCUT2D eigenvalue weighted by molar-refractivity contribution is 1.19. The number of benzene rings is 1. The molecule has 0 bridgehead atoms. The van der Waals surface area contributed by atoms with Crippen LogP contribution in [0, 0.1) is 20.8 Å². The van der Waals surface area contributed by atoms with E-state index in [1.807, 2.05) is 11.2 Å². The third-order valence-electron chi connectivity index (χ3n) is 2.23. The quantitative estimate of drug-likeness (QED) is 0.599. The number of aryl methyl sites for hydroxylation is 1. The Labute approximate surface area is 75.5 Å². The van der Waals surface area contributed by atoms with Crippen LogP contribution in [0.5, 0.6) is 0 Å². The van der Waals surface area contributed by atoms with E-state index in [1.165, 1.54) is 31.0 Å². The summed E-state index contributed by atoms with van der Waals surface area (Å²) in [4.78, 5) is 1.46. The summed E-state index contributed by atoms with van der Waals surface area (Å²) in [5.41, 5.74) is 4.32. The molecule has 0 N–H and O–H groups in total. The van der Waals surface area contributed by atoms with E-state index in [0.29, 0.717) is 0 Å². The van der Waals surface area contributed by atoms with Gasteiger partial charge in [-0.25, -0.2) is 0 Å². The molecule has 0 spiro atoms. The summed E-state index contributed by atoms with van der Waals surface area (Å²) in [6.07, 6.45) is 0. The van der Waals surface area contributed by atoms with Crippen molar-refractivity contribution in [1.29, 1.82) is 0 Å². The average molecular weight is 182 g/mol. The predicted molar refractivity (Wildman–Crippen MR) is 56.4 cm³/mol. The standard InChI is InChI=1S/C9H14SSi/c1-6-4-5-9(10-11)8(3)7(6)2/h4-5H,1-3,11H3. The van der Waals surface area contributed by atoms with Crippen LogP contribution in [0.15, 0.2) is 17.0 Å². The van der Waals surface area contributed by atoms with E-state index < -0.39 is 0 Å². The van der Waals surface area contributed by atoms with Gasteiger partial charge < -0.3 is 0 Å². The van der Waals surface area contributed by atoms with Crippen molar-refractivity contribution in [3.05, 3.63) is 28.8 Å². The summed E-state index contributed by atoms with van der Waals surface area (Å²) >= 11 is 1.96. The fourth-order valence-corrected chi connectivity index (χ4v) is 3.14. The lowest BCUT2D eigenvalue weighted by Crippen LogP contribution is -1.88. The molecule has 0 aromatic heterocycles. The minimum Gasteiger partial charge on any atom is -0.163 e. The van der Waals surface area contributed by atoms with Crippen LogP contribution in [-0.4, -0.2) is 9.39 Å². The molecule has 1 aromatic carbocycles. The Hall–Kier alpha value is -0.213. The second-order valence-electron chi connectivity index (χ2n) is 2.83. The molecule has 0 aliphatic rings. The molecule has 0 radical (unpaired) electrons. The van der Waals surface area contributed by atoms with Gasteiger partial charge in [-0.3, -0.25) is 0 Å². The molecular weight excluding hydrogens is 168 g/mol. The van der Waals surface area contributed by atoms with Gasteiger partial charge in [0.25, 0.3) is 0 Å². The number of hydrogen-bond acceptors (Lipinski definition) is 1. The van der Waals surface area contributed by atoms with Gasteiger partial charge in [0.1, 0.15) is 0 Å². The van der Waals surface area contributed by atoms with Gasteiger partial charge in [0.15, 0.2) is 0 Å². The Kier molecular flexibility index (Phi) is 2.79. The maximum Gasteiger partial charge on any atom is 0.0758 e. The van der Waals surface area contributed by atoms with Gasteiger partial charge in [0.05, 0.1) is 9.39 Å². The fraction of sp³-hybridized carbons (Fsp3) is 0.333. The molecule has 0 saturated carbocycles. The molecule has 1 rings (SSSR count). The summed E-state index contributed by atoms with van der Waals surface area (Å²) < 4.78 is 0. The van der Waals surface area contributed by atoms with Crippen molar-refractivity contribution in [2.45, 2.75) is 25.7 Å². The summed E-state index contributed by atoms with van der Waals surface area (Å²) in [6, 6.07) is 4.44. The van der Waals surface area contributed by atoms with Crippen molar-refractivity contribution < 1.29 is 0 Å². The minimum absolute atomic E-state index is 1.19. The normalized spacial score (nSPS) is 10.5. The molecule has 11 heavy (non-hydrogen) atoms. The second-order valence-corrected chi connectivity index (χ2v) is 4.91. The highest BCUT2D eigenvalue weighted by atomic mass is 32.4. The van der Waals surface area contributed by atoms with Crippen LogP contribution in [0.1, 0.15) is 16.7 Å². The number of rotatable bonds is 1. The Morgan fingerprint density at radius 1 is 1.09 bits per heavy atom. The summed E-state index contributed by atoms with van der Waals surface area (Å²) in [6.45, 7) is 6.58. The average Bonchev–Trinajstić information content (AvgIpc) is 2.01. The van der Waals surface area contributed by atoms with Crippen molar-refractivity contribution in [2.75, 3.05) is 0 Å². The van der Waals surface area contributed by atoms with E-state index in [9.17, 15) is 0 Å².